The number of benzene rings is 2. The van der Waals surface area contributed by atoms with E-state index in [2.05, 4.69) is 29.7 Å². The van der Waals surface area contributed by atoms with Crippen molar-refractivity contribution >= 4 is 95.2 Å². The maximum atomic E-state index is 13.7. The van der Waals surface area contributed by atoms with Gasteiger partial charge in [0.05, 0.1) is 58.5 Å². The SMILES string of the molecule is C1CCNC1.Cc1cn2nc([C@@H]3CCCCN3C(=O)c3cc(Cl)ccc3NS(C)(=O)=O)cc2nc1Cl.Cc1cn2nc([C@@H]3CCCCN3C(=O)c3cc(Cl)ccc3NS(C)(=O)=O)cc2nc1N1CCCC1. The molecule has 4 aliphatic rings. The number of carbonyl (C=O) groups excluding carboxylic acids is 2. The van der Waals surface area contributed by atoms with Crippen LogP contribution in [0.2, 0.25) is 15.2 Å². The minimum atomic E-state index is -3.57. The van der Waals surface area contributed by atoms with Crippen molar-refractivity contribution in [3.05, 3.63) is 110 Å². The lowest BCUT2D eigenvalue weighted by molar-refractivity contribution is 0.0600. The number of hydrogen-bond donors (Lipinski definition) is 3. The number of amides is 2. The predicted molar refractivity (Wildman–Crippen MR) is 279 cm³/mol. The Kier molecular flexibility index (Phi) is 16.3. The van der Waals surface area contributed by atoms with Crippen LogP contribution in [-0.4, -0.2) is 119 Å². The highest BCUT2D eigenvalue weighted by Gasteiger charge is 2.34. The van der Waals surface area contributed by atoms with Crippen LogP contribution in [0.5, 0.6) is 0 Å². The molecule has 0 unspecified atom stereocenters. The Morgan fingerprint density at radius 3 is 1.51 bits per heavy atom. The second-order valence-corrected chi connectivity index (χ2v) is 23.2. The number of hydrogen-bond acceptors (Lipinski definition) is 12. The van der Waals surface area contributed by atoms with Gasteiger partial charge in [0.25, 0.3) is 11.8 Å². The third kappa shape index (κ3) is 12.9. The quantitative estimate of drug-likeness (QED) is 0.117. The Balaban J connectivity index is 0.000000174. The van der Waals surface area contributed by atoms with E-state index in [-0.39, 0.29) is 46.4 Å². The first-order valence-electron chi connectivity index (χ1n) is 23.8. The fourth-order valence-corrected chi connectivity index (χ4v) is 11.1. The molecular weight excluding hydrogens is 1010 g/mol. The zero-order valence-corrected chi connectivity index (χ0v) is 44.1. The van der Waals surface area contributed by atoms with E-state index in [1.807, 2.05) is 32.2 Å². The molecule has 0 saturated carbocycles. The van der Waals surface area contributed by atoms with Gasteiger partial charge in [-0.1, -0.05) is 34.8 Å². The molecule has 380 valence electrons. The molecule has 4 aromatic heterocycles. The largest absolute Gasteiger partial charge is 0.356 e. The monoisotopic (exact) mass is 1070 g/mol. The lowest BCUT2D eigenvalue weighted by Crippen LogP contribution is -2.39. The van der Waals surface area contributed by atoms with Crippen molar-refractivity contribution in [1.82, 2.24) is 44.3 Å². The van der Waals surface area contributed by atoms with Gasteiger partial charge in [-0.2, -0.15) is 10.2 Å². The average Bonchev–Trinajstić information content (AvgIpc) is 4.19. The van der Waals surface area contributed by atoms with E-state index in [1.165, 1.54) is 63.0 Å². The molecular formula is C48H59Cl3N12O6S2. The van der Waals surface area contributed by atoms with Crippen LogP contribution in [-0.2, 0) is 20.0 Å². The van der Waals surface area contributed by atoms with Crippen molar-refractivity contribution in [1.29, 1.82) is 0 Å². The van der Waals surface area contributed by atoms with Crippen LogP contribution in [0.25, 0.3) is 11.3 Å². The first-order valence-corrected chi connectivity index (χ1v) is 28.7. The topological polar surface area (TPSA) is 209 Å². The molecule has 2 aromatic carbocycles. The predicted octanol–water partition coefficient (Wildman–Crippen LogP) is 8.48. The van der Waals surface area contributed by atoms with Crippen LogP contribution >= 0.6 is 34.8 Å². The van der Waals surface area contributed by atoms with Gasteiger partial charge in [0, 0.05) is 71.9 Å². The van der Waals surface area contributed by atoms with Gasteiger partial charge in [-0.15, -0.1) is 0 Å². The summed E-state index contributed by atoms with van der Waals surface area (Å²) in [4.78, 5) is 42.3. The molecule has 3 N–H and O–H groups in total. The van der Waals surface area contributed by atoms with Crippen molar-refractivity contribution in [3.63, 3.8) is 0 Å². The summed E-state index contributed by atoms with van der Waals surface area (Å²) in [5.74, 6) is 0.410. The number of aryl methyl sites for hydroxylation is 2. The van der Waals surface area contributed by atoms with E-state index < -0.39 is 20.0 Å². The minimum Gasteiger partial charge on any atom is -0.356 e. The number of rotatable bonds is 9. The summed E-state index contributed by atoms with van der Waals surface area (Å²) in [6, 6.07) is 12.4. The zero-order chi connectivity index (χ0) is 50.6. The number of anilines is 3. The minimum absolute atomic E-state index is 0.195. The first kappa shape index (κ1) is 52.1. The van der Waals surface area contributed by atoms with Crippen LogP contribution in [0.4, 0.5) is 17.2 Å². The molecule has 4 saturated heterocycles. The number of piperidine rings is 2. The van der Waals surface area contributed by atoms with E-state index in [0.29, 0.717) is 39.6 Å². The summed E-state index contributed by atoms with van der Waals surface area (Å²) in [6.45, 7) is 9.50. The van der Waals surface area contributed by atoms with Gasteiger partial charge >= 0.3 is 0 Å². The summed E-state index contributed by atoms with van der Waals surface area (Å²) in [5.41, 5.74) is 5.56. The highest BCUT2D eigenvalue weighted by molar-refractivity contribution is 7.92. The van der Waals surface area contributed by atoms with E-state index in [9.17, 15) is 26.4 Å². The van der Waals surface area contributed by atoms with Gasteiger partial charge in [-0.3, -0.25) is 19.0 Å². The molecule has 0 bridgehead atoms. The van der Waals surface area contributed by atoms with Crippen molar-refractivity contribution in [2.75, 3.05) is 66.1 Å². The molecule has 10 rings (SSSR count). The molecule has 0 radical (unpaired) electrons. The molecule has 0 aliphatic carbocycles. The van der Waals surface area contributed by atoms with E-state index in [1.54, 1.807) is 37.2 Å². The molecule has 0 spiro atoms. The lowest BCUT2D eigenvalue weighted by atomic mass is 9.98. The van der Waals surface area contributed by atoms with Gasteiger partial charge in [0.15, 0.2) is 11.3 Å². The molecule has 4 fully saturated rings. The number of carbonyl (C=O) groups is 2. The fraction of sp³-hybridized carbons (Fsp3) is 0.458. The number of fused-ring (bicyclic) bond motifs is 2. The lowest BCUT2D eigenvalue weighted by Gasteiger charge is -2.35. The second-order valence-electron chi connectivity index (χ2n) is 18.5. The third-order valence-corrected chi connectivity index (χ3v) is 14.8. The Bertz CT molecular complexity index is 3110. The average molecular weight is 1070 g/mol. The molecule has 6 aromatic rings. The number of halogens is 3. The molecule has 2 atom stereocenters. The number of likely N-dealkylation sites (tertiary alicyclic amines) is 2. The van der Waals surface area contributed by atoms with Gasteiger partial charge in [-0.25, -0.2) is 35.8 Å². The first-order chi connectivity index (χ1) is 33.8. The summed E-state index contributed by atoms with van der Waals surface area (Å²) >= 11 is 18.5. The summed E-state index contributed by atoms with van der Waals surface area (Å²) in [6.07, 6.45) is 16.1. The normalized spacial score (nSPS) is 18.5. The number of nitrogens with one attached hydrogen (secondary N) is 3. The standard InChI is InChI=1S/C24H29ClN6O3S.C20H21Cl2N5O3S.C4H9N/c1-16-15-31-22(26-23(16)29-10-5-6-11-29)14-20(27-31)21-7-3-4-12-30(21)24(32)18-13-17(25)8-9-19(18)28-35(2,33)34;1-12-11-27-18(23-19(12)22)10-16(24-27)17-5-3-4-8-26(17)20(28)14-9-13(21)6-7-15(14)25-31(2,29)30;1-2-4-5-3-1/h8-9,13-15,21,28H,3-7,10-12H2,1-2H3;6-7,9-11,17,25H,3-5,8H2,1-2H3;5H,1-4H2/t21-;17-;/m00./s1. The van der Waals surface area contributed by atoms with Crippen molar-refractivity contribution in [2.45, 2.75) is 90.1 Å². The van der Waals surface area contributed by atoms with Crippen LogP contribution in [0.3, 0.4) is 0 Å². The maximum Gasteiger partial charge on any atom is 0.256 e. The molecule has 4 aliphatic heterocycles. The molecule has 18 nitrogen and oxygen atoms in total. The molecule has 8 heterocycles. The van der Waals surface area contributed by atoms with E-state index in [4.69, 9.17) is 44.9 Å². The molecule has 71 heavy (non-hydrogen) atoms. The molecule has 2 amide bonds. The van der Waals surface area contributed by atoms with E-state index in [0.717, 1.165) is 92.4 Å². The van der Waals surface area contributed by atoms with Gasteiger partial charge in [0.2, 0.25) is 20.0 Å². The third-order valence-electron chi connectivity index (χ3n) is 12.8. The Morgan fingerprint density at radius 1 is 0.606 bits per heavy atom. The number of nitrogens with zero attached hydrogens (tertiary/aromatic N) is 9. The molecule has 23 heteroatoms. The van der Waals surface area contributed by atoms with Crippen molar-refractivity contribution in [3.8, 4) is 0 Å². The summed E-state index contributed by atoms with van der Waals surface area (Å²) in [7, 11) is -7.14. The second kappa shape index (κ2) is 22.3. The van der Waals surface area contributed by atoms with Crippen LogP contribution in [0.1, 0.15) is 120 Å². The van der Waals surface area contributed by atoms with Crippen LogP contribution in [0.15, 0.2) is 60.9 Å². The van der Waals surface area contributed by atoms with Crippen molar-refractivity contribution < 1.29 is 26.4 Å². The fourth-order valence-electron chi connectivity index (χ4n) is 9.46. The highest BCUT2D eigenvalue weighted by Crippen LogP contribution is 2.36. The van der Waals surface area contributed by atoms with Crippen molar-refractivity contribution in [2.24, 2.45) is 0 Å². The Hall–Kier alpha value is -5.25. The smallest absolute Gasteiger partial charge is 0.256 e. The zero-order valence-electron chi connectivity index (χ0n) is 40.2. The summed E-state index contributed by atoms with van der Waals surface area (Å²) < 4.78 is 55.6. The van der Waals surface area contributed by atoms with E-state index >= 15 is 0 Å². The van der Waals surface area contributed by atoms with Gasteiger partial charge in [-0.05, 0) is 128 Å². The Labute approximate surface area is 429 Å². The van der Waals surface area contributed by atoms with Gasteiger partial charge < -0.3 is 20.0 Å². The van der Waals surface area contributed by atoms with Crippen LogP contribution in [0, 0.1) is 13.8 Å². The maximum absolute atomic E-state index is 13.7. The Morgan fingerprint density at radius 2 is 1.06 bits per heavy atom. The number of aromatic nitrogens is 6. The van der Waals surface area contributed by atoms with Gasteiger partial charge in [0.1, 0.15) is 11.0 Å². The van der Waals surface area contributed by atoms with Crippen LogP contribution < -0.4 is 19.7 Å². The highest BCUT2D eigenvalue weighted by atomic mass is 35.5. The number of sulfonamides is 2. The summed E-state index contributed by atoms with van der Waals surface area (Å²) in [5, 5.41) is 13.8.